The van der Waals surface area contributed by atoms with Crippen molar-refractivity contribution in [3.8, 4) is 5.75 Å². The molecule has 1 aromatic carbocycles. The van der Waals surface area contributed by atoms with Gasteiger partial charge >= 0.3 is 19.5 Å². The molecular formula is C18H20F3N4O5P. The Morgan fingerprint density at radius 3 is 2.48 bits per heavy atom. The van der Waals surface area contributed by atoms with Crippen molar-refractivity contribution >= 4 is 24.4 Å². The number of unbranched alkanes of at least 4 members (excludes halogenated alkanes) is 1. The molecule has 0 atom stereocenters. The number of hydrogen-bond acceptors (Lipinski definition) is 5. The number of anilines is 1. The Bertz CT molecular complexity index is 1170. The van der Waals surface area contributed by atoms with Crippen molar-refractivity contribution in [2.45, 2.75) is 25.6 Å². The summed E-state index contributed by atoms with van der Waals surface area (Å²) in [5.41, 5.74) is 4.45. The number of benzene rings is 1. The molecule has 0 amide bonds. The van der Waals surface area contributed by atoms with Gasteiger partial charge in [0.25, 0.3) is 0 Å². The lowest BCUT2D eigenvalue weighted by molar-refractivity contribution is -0.141. The van der Waals surface area contributed by atoms with Gasteiger partial charge in [-0.25, -0.2) is 9.78 Å². The molecule has 5 N–H and O–H groups in total. The van der Waals surface area contributed by atoms with E-state index in [1.54, 1.807) is 24.3 Å². The predicted octanol–water partition coefficient (Wildman–Crippen LogP) is 2.71. The lowest BCUT2D eigenvalue weighted by Gasteiger charge is -2.10. The van der Waals surface area contributed by atoms with Crippen LogP contribution in [0.2, 0.25) is 0 Å². The van der Waals surface area contributed by atoms with Gasteiger partial charge in [0.1, 0.15) is 22.8 Å². The molecule has 0 bridgehead atoms. The van der Waals surface area contributed by atoms with Crippen molar-refractivity contribution in [1.82, 2.24) is 14.5 Å². The van der Waals surface area contributed by atoms with Crippen LogP contribution in [0.5, 0.6) is 5.75 Å². The summed E-state index contributed by atoms with van der Waals surface area (Å²) in [4.78, 5) is 35.6. The number of nitrogen functional groups attached to an aromatic ring is 1. The van der Waals surface area contributed by atoms with Gasteiger partial charge in [0.2, 0.25) is 0 Å². The van der Waals surface area contributed by atoms with Gasteiger partial charge < -0.3 is 25.2 Å². The fourth-order valence-electron chi connectivity index (χ4n) is 2.96. The van der Waals surface area contributed by atoms with Crippen LogP contribution in [0.15, 0.2) is 35.1 Å². The third-order valence-electron chi connectivity index (χ3n) is 4.46. The number of H-pyrrole nitrogens is 1. The van der Waals surface area contributed by atoms with Crippen LogP contribution in [-0.4, -0.2) is 37.1 Å². The molecule has 13 heteroatoms. The second-order valence-corrected chi connectivity index (χ2v) is 8.67. The van der Waals surface area contributed by atoms with Gasteiger partial charge in [-0.1, -0.05) is 12.1 Å². The molecule has 31 heavy (non-hydrogen) atoms. The van der Waals surface area contributed by atoms with E-state index in [0.29, 0.717) is 24.2 Å². The smallest absolute Gasteiger partial charge is 0.433 e. The normalized spacial score (nSPS) is 12.4. The van der Waals surface area contributed by atoms with Crippen LogP contribution in [0, 0.1) is 0 Å². The Labute approximate surface area is 173 Å². The fraction of sp³-hybridized carbons (Fsp3) is 0.333. The number of ether oxygens (including phenoxy) is 1. The maximum absolute atomic E-state index is 13.0. The van der Waals surface area contributed by atoms with Crippen LogP contribution < -0.4 is 16.2 Å². The first-order chi connectivity index (χ1) is 14.4. The molecule has 0 aliphatic rings. The van der Waals surface area contributed by atoms with Gasteiger partial charge in [-0.15, -0.1) is 0 Å². The van der Waals surface area contributed by atoms with Gasteiger partial charge in [0.05, 0.1) is 18.7 Å². The number of nitrogens with zero attached hydrogens (tertiary/aromatic N) is 2. The van der Waals surface area contributed by atoms with E-state index in [2.05, 4.69) is 9.97 Å². The van der Waals surface area contributed by atoms with Crippen molar-refractivity contribution < 1.29 is 32.3 Å². The predicted molar refractivity (Wildman–Crippen MR) is 107 cm³/mol. The summed E-state index contributed by atoms with van der Waals surface area (Å²) in [5, 5.41) is 0. The largest absolute Gasteiger partial charge is 0.494 e. The molecule has 3 aromatic rings. The van der Waals surface area contributed by atoms with Crippen molar-refractivity contribution in [2.24, 2.45) is 0 Å². The minimum atomic E-state index is -4.70. The van der Waals surface area contributed by atoms with Crippen LogP contribution in [0.1, 0.15) is 24.1 Å². The fourth-order valence-corrected chi connectivity index (χ4v) is 3.60. The summed E-state index contributed by atoms with van der Waals surface area (Å²) in [6.45, 7) is 0.274. The van der Waals surface area contributed by atoms with Crippen LogP contribution in [0.4, 0.5) is 19.0 Å². The maximum Gasteiger partial charge on any atom is 0.433 e. The Morgan fingerprint density at radius 2 is 1.87 bits per heavy atom. The summed E-state index contributed by atoms with van der Waals surface area (Å²) >= 11 is 0. The molecule has 0 saturated carbocycles. The van der Waals surface area contributed by atoms with Crippen LogP contribution in [-0.2, 0) is 17.3 Å². The minimum Gasteiger partial charge on any atom is -0.494 e. The molecule has 0 saturated heterocycles. The van der Waals surface area contributed by atoms with E-state index in [4.69, 9.17) is 20.3 Å². The molecule has 168 valence electrons. The number of halogens is 3. The molecular weight excluding hydrogens is 440 g/mol. The van der Waals surface area contributed by atoms with Gasteiger partial charge in [-0.2, -0.15) is 13.2 Å². The number of nitrogens with two attached hydrogens (primary N) is 1. The molecule has 2 aromatic heterocycles. The summed E-state index contributed by atoms with van der Waals surface area (Å²) < 4.78 is 56.6. The Hall–Kier alpha value is -2.82. The highest BCUT2D eigenvalue weighted by atomic mass is 31.2. The third kappa shape index (κ3) is 5.87. The lowest BCUT2D eigenvalue weighted by atomic mass is 10.2. The quantitative estimate of drug-likeness (QED) is 0.299. The van der Waals surface area contributed by atoms with Gasteiger partial charge in [-0.05, 0) is 36.6 Å². The summed E-state index contributed by atoms with van der Waals surface area (Å²) in [7, 11) is -4.01. The number of nitrogens with one attached hydrogen (secondary N) is 1. The maximum atomic E-state index is 13.0. The van der Waals surface area contributed by atoms with Crippen LogP contribution in [0.3, 0.4) is 0 Å². The Balaban J connectivity index is 1.71. The molecule has 0 aliphatic heterocycles. The van der Waals surface area contributed by atoms with E-state index >= 15 is 0 Å². The van der Waals surface area contributed by atoms with E-state index in [-0.39, 0.29) is 30.3 Å². The third-order valence-corrected chi connectivity index (χ3v) is 5.36. The number of imidazole rings is 1. The first kappa shape index (κ1) is 22.9. The van der Waals surface area contributed by atoms with Crippen molar-refractivity contribution in [3.63, 3.8) is 0 Å². The first-order valence-corrected chi connectivity index (χ1v) is 11.0. The van der Waals surface area contributed by atoms with E-state index in [0.717, 1.165) is 10.6 Å². The van der Waals surface area contributed by atoms with Crippen LogP contribution in [0.25, 0.3) is 11.0 Å². The van der Waals surface area contributed by atoms with Crippen molar-refractivity contribution in [2.75, 3.05) is 18.5 Å². The minimum absolute atomic E-state index is 0.00213. The van der Waals surface area contributed by atoms with Crippen molar-refractivity contribution in [1.29, 1.82) is 0 Å². The number of hydrogen-bond donors (Lipinski definition) is 4. The zero-order valence-electron chi connectivity index (χ0n) is 16.1. The molecule has 0 unspecified atom stereocenters. The zero-order chi connectivity index (χ0) is 22.8. The summed E-state index contributed by atoms with van der Waals surface area (Å²) in [6, 6.07) is 7.36. The number of pyridine rings is 1. The van der Waals surface area contributed by atoms with Crippen LogP contribution >= 0.6 is 7.60 Å². The first-order valence-electron chi connectivity index (χ1n) is 9.16. The Morgan fingerprint density at radius 1 is 1.19 bits per heavy atom. The topological polar surface area (TPSA) is 143 Å². The Kier molecular flexibility index (Phi) is 6.44. The van der Waals surface area contributed by atoms with E-state index in [1.807, 2.05) is 0 Å². The summed E-state index contributed by atoms with van der Waals surface area (Å²) in [6.07, 6.45) is -4.12. The van der Waals surface area contributed by atoms with E-state index in [9.17, 15) is 22.5 Å². The SMILES string of the molecule is Nc1nc(C(F)(F)F)cc2c1[nH]c(=O)n2Cc1ccc(OCCCCP(=O)(O)O)cc1. The average Bonchev–Trinajstić information content (AvgIpc) is 2.97. The standard InChI is InChI=1S/C18H20F3N4O5P/c19-18(20,21)14-9-13-15(16(22)23-14)24-17(26)25(13)10-11-3-5-12(6-4-11)30-7-1-2-8-31(27,28)29/h3-6,9H,1-2,7-8,10H2,(H2,22,23)(H,24,26)(H2,27,28,29). The van der Waals surface area contributed by atoms with Gasteiger partial charge in [-0.3, -0.25) is 9.13 Å². The summed E-state index contributed by atoms with van der Waals surface area (Å²) in [5.74, 6) is 0.0992. The monoisotopic (exact) mass is 460 g/mol. The van der Waals surface area contributed by atoms with E-state index < -0.39 is 31.0 Å². The molecule has 0 spiro atoms. The highest BCUT2D eigenvalue weighted by Gasteiger charge is 2.34. The highest BCUT2D eigenvalue weighted by molar-refractivity contribution is 7.51. The average molecular weight is 460 g/mol. The number of aromatic amines is 1. The molecule has 3 rings (SSSR count). The molecule has 0 fully saturated rings. The van der Waals surface area contributed by atoms with E-state index in [1.165, 1.54) is 0 Å². The number of alkyl halides is 3. The highest BCUT2D eigenvalue weighted by Crippen LogP contribution is 2.35. The molecule has 0 radical (unpaired) electrons. The number of rotatable bonds is 8. The number of aromatic nitrogens is 3. The second-order valence-electron chi connectivity index (χ2n) is 6.89. The zero-order valence-corrected chi connectivity index (χ0v) is 17.0. The molecule has 9 nitrogen and oxygen atoms in total. The van der Waals surface area contributed by atoms with Gasteiger partial charge in [0.15, 0.2) is 0 Å². The molecule has 2 heterocycles. The van der Waals surface area contributed by atoms with Crippen molar-refractivity contribution in [3.05, 3.63) is 52.1 Å². The molecule has 0 aliphatic carbocycles. The second kappa shape index (κ2) is 8.74. The lowest BCUT2D eigenvalue weighted by Crippen LogP contribution is -2.17. The van der Waals surface area contributed by atoms with Gasteiger partial charge in [0, 0.05) is 6.16 Å². The number of fused-ring (bicyclic) bond motifs is 1.